The number of nitrogens with one attached hydrogen (secondary N) is 1. The van der Waals surface area contributed by atoms with Crippen LogP contribution in [0.2, 0.25) is 0 Å². The molecule has 1 fully saturated rings. The van der Waals surface area contributed by atoms with Crippen LogP contribution in [0.15, 0.2) is 29.1 Å². The number of carbonyl (C=O) groups excluding carboxylic acids is 1. The SMILES string of the molecule is CC(N)C1CCCN(C(=O)c2n[nH]c3ccccc3c2=O)C1. The van der Waals surface area contributed by atoms with E-state index in [0.717, 1.165) is 12.8 Å². The maximum absolute atomic E-state index is 12.6. The molecule has 22 heavy (non-hydrogen) atoms. The number of fused-ring (bicyclic) bond motifs is 1. The smallest absolute Gasteiger partial charge is 0.278 e. The largest absolute Gasteiger partial charge is 0.337 e. The molecule has 6 heteroatoms. The Hall–Kier alpha value is -2.21. The molecule has 2 heterocycles. The minimum atomic E-state index is -0.317. The third kappa shape index (κ3) is 2.62. The van der Waals surface area contributed by atoms with Crippen LogP contribution in [0.1, 0.15) is 30.3 Å². The molecule has 1 amide bonds. The van der Waals surface area contributed by atoms with E-state index in [1.165, 1.54) is 0 Å². The number of para-hydroxylation sites is 1. The molecule has 1 aliphatic rings. The maximum atomic E-state index is 12.6. The lowest BCUT2D eigenvalue weighted by Crippen LogP contribution is -2.46. The molecule has 3 N–H and O–H groups in total. The van der Waals surface area contributed by atoms with Crippen molar-refractivity contribution in [1.82, 2.24) is 15.1 Å². The van der Waals surface area contributed by atoms with Gasteiger partial charge in [-0.05, 0) is 37.8 Å². The number of hydrogen-bond donors (Lipinski definition) is 2. The van der Waals surface area contributed by atoms with Gasteiger partial charge in [-0.15, -0.1) is 0 Å². The van der Waals surface area contributed by atoms with Gasteiger partial charge in [0, 0.05) is 24.5 Å². The number of benzene rings is 1. The Morgan fingerprint density at radius 3 is 3.00 bits per heavy atom. The number of likely N-dealkylation sites (tertiary alicyclic amines) is 1. The van der Waals surface area contributed by atoms with E-state index >= 15 is 0 Å². The molecular formula is C16H20N4O2. The minimum Gasteiger partial charge on any atom is -0.337 e. The van der Waals surface area contributed by atoms with Crippen molar-refractivity contribution in [3.63, 3.8) is 0 Å². The lowest BCUT2D eigenvalue weighted by atomic mass is 9.92. The number of rotatable bonds is 2. The summed E-state index contributed by atoms with van der Waals surface area (Å²) in [6.45, 7) is 3.19. The maximum Gasteiger partial charge on any atom is 0.278 e. The molecule has 3 rings (SSSR count). The van der Waals surface area contributed by atoms with Crippen LogP contribution in [0.3, 0.4) is 0 Å². The summed E-state index contributed by atoms with van der Waals surface area (Å²) < 4.78 is 0. The summed E-state index contributed by atoms with van der Waals surface area (Å²) in [5.74, 6) is -0.0328. The molecule has 2 unspecified atom stereocenters. The standard InChI is InChI=1S/C16H20N4O2/c1-10(17)11-5-4-8-20(9-11)16(22)14-15(21)12-6-2-3-7-13(12)18-19-14/h2-3,6-7,10-11H,4-5,8-9,17H2,1H3,(H,18,21). The lowest BCUT2D eigenvalue weighted by Gasteiger charge is -2.34. The van der Waals surface area contributed by atoms with Gasteiger partial charge in [0.2, 0.25) is 5.43 Å². The number of aromatic nitrogens is 2. The molecule has 0 spiro atoms. The van der Waals surface area contributed by atoms with E-state index in [0.29, 0.717) is 24.0 Å². The third-order valence-electron chi connectivity index (χ3n) is 4.37. The first-order valence-electron chi connectivity index (χ1n) is 7.60. The molecule has 0 bridgehead atoms. The second kappa shape index (κ2) is 5.88. The molecule has 1 aromatic heterocycles. The Balaban J connectivity index is 1.92. The summed E-state index contributed by atoms with van der Waals surface area (Å²) in [5, 5.41) is 7.27. The average Bonchev–Trinajstić information content (AvgIpc) is 2.55. The van der Waals surface area contributed by atoms with Crippen molar-refractivity contribution in [3.8, 4) is 0 Å². The van der Waals surface area contributed by atoms with Gasteiger partial charge in [0.1, 0.15) is 0 Å². The van der Waals surface area contributed by atoms with Gasteiger partial charge in [-0.1, -0.05) is 12.1 Å². The molecule has 1 aliphatic heterocycles. The van der Waals surface area contributed by atoms with Gasteiger partial charge in [0.15, 0.2) is 5.69 Å². The van der Waals surface area contributed by atoms with Crippen molar-refractivity contribution in [3.05, 3.63) is 40.2 Å². The van der Waals surface area contributed by atoms with Crippen LogP contribution in [-0.2, 0) is 0 Å². The highest BCUT2D eigenvalue weighted by molar-refractivity contribution is 5.95. The first kappa shape index (κ1) is 14.7. The number of aromatic amines is 1. The van der Waals surface area contributed by atoms with Crippen molar-refractivity contribution in [1.29, 1.82) is 0 Å². The molecular weight excluding hydrogens is 280 g/mol. The van der Waals surface area contributed by atoms with E-state index in [1.807, 2.05) is 13.0 Å². The first-order chi connectivity index (χ1) is 10.6. The van der Waals surface area contributed by atoms with E-state index < -0.39 is 0 Å². The van der Waals surface area contributed by atoms with Crippen molar-refractivity contribution in [2.75, 3.05) is 13.1 Å². The second-order valence-corrected chi connectivity index (χ2v) is 5.96. The number of nitrogens with two attached hydrogens (primary N) is 1. The predicted octanol–water partition coefficient (Wildman–Crippen LogP) is 1.12. The van der Waals surface area contributed by atoms with Crippen LogP contribution in [0, 0.1) is 5.92 Å². The Bertz CT molecular complexity index is 753. The van der Waals surface area contributed by atoms with E-state index in [1.54, 1.807) is 23.1 Å². The van der Waals surface area contributed by atoms with Gasteiger partial charge in [-0.2, -0.15) is 5.10 Å². The number of H-pyrrole nitrogens is 1. The predicted molar refractivity (Wildman–Crippen MR) is 84.6 cm³/mol. The highest BCUT2D eigenvalue weighted by atomic mass is 16.2. The quantitative estimate of drug-likeness (QED) is 0.869. The summed E-state index contributed by atoms with van der Waals surface area (Å²) in [4.78, 5) is 26.8. The highest BCUT2D eigenvalue weighted by Crippen LogP contribution is 2.19. The van der Waals surface area contributed by atoms with Gasteiger partial charge < -0.3 is 10.6 Å². The monoisotopic (exact) mass is 300 g/mol. The van der Waals surface area contributed by atoms with Gasteiger partial charge in [0.05, 0.1) is 5.52 Å². The van der Waals surface area contributed by atoms with Crippen LogP contribution < -0.4 is 11.2 Å². The first-order valence-corrected chi connectivity index (χ1v) is 7.60. The zero-order chi connectivity index (χ0) is 15.7. The molecule has 0 radical (unpaired) electrons. The Kier molecular flexibility index (Phi) is 3.94. The summed E-state index contributed by atoms with van der Waals surface area (Å²) in [7, 11) is 0. The van der Waals surface area contributed by atoms with E-state index in [4.69, 9.17) is 5.73 Å². The average molecular weight is 300 g/mol. The lowest BCUT2D eigenvalue weighted by molar-refractivity contribution is 0.0652. The van der Waals surface area contributed by atoms with Crippen molar-refractivity contribution in [2.45, 2.75) is 25.8 Å². The fraction of sp³-hybridized carbons (Fsp3) is 0.438. The van der Waals surface area contributed by atoms with Crippen LogP contribution >= 0.6 is 0 Å². The van der Waals surface area contributed by atoms with E-state index in [2.05, 4.69) is 10.2 Å². The highest BCUT2D eigenvalue weighted by Gasteiger charge is 2.28. The van der Waals surface area contributed by atoms with Gasteiger partial charge in [0.25, 0.3) is 5.91 Å². The summed E-state index contributed by atoms with van der Waals surface area (Å²) in [6.07, 6.45) is 1.92. The summed E-state index contributed by atoms with van der Waals surface area (Å²) in [5.41, 5.74) is 6.23. The van der Waals surface area contributed by atoms with Crippen LogP contribution in [0.4, 0.5) is 0 Å². The second-order valence-electron chi connectivity index (χ2n) is 5.96. The fourth-order valence-corrected chi connectivity index (χ4v) is 2.99. The minimum absolute atomic E-state index is 0.0379. The van der Waals surface area contributed by atoms with Crippen LogP contribution in [0.25, 0.3) is 10.9 Å². The molecule has 0 aliphatic carbocycles. The Labute approximate surface area is 128 Å². The number of piperidine rings is 1. The summed E-state index contributed by atoms with van der Waals surface area (Å²) >= 11 is 0. The summed E-state index contributed by atoms with van der Waals surface area (Å²) in [6, 6.07) is 7.11. The molecule has 1 aromatic carbocycles. The van der Waals surface area contributed by atoms with Crippen molar-refractivity contribution < 1.29 is 4.79 Å². The number of hydrogen-bond acceptors (Lipinski definition) is 4. The molecule has 0 saturated carbocycles. The zero-order valence-electron chi connectivity index (χ0n) is 12.6. The topological polar surface area (TPSA) is 92.1 Å². The van der Waals surface area contributed by atoms with E-state index in [-0.39, 0.29) is 29.0 Å². The van der Waals surface area contributed by atoms with Crippen molar-refractivity contribution in [2.24, 2.45) is 11.7 Å². The fourth-order valence-electron chi connectivity index (χ4n) is 2.99. The normalized spacial score (nSPS) is 20.1. The number of nitrogens with zero attached hydrogens (tertiary/aromatic N) is 2. The van der Waals surface area contributed by atoms with Gasteiger partial charge in [-0.3, -0.25) is 14.7 Å². The van der Waals surface area contributed by atoms with Crippen LogP contribution in [-0.4, -0.2) is 40.1 Å². The van der Waals surface area contributed by atoms with Gasteiger partial charge in [-0.25, -0.2) is 0 Å². The number of amides is 1. The van der Waals surface area contributed by atoms with Gasteiger partial charge >= 0.3 is 0 Å². The third-order valence-corrected chi connectivity index (χ3v) is 4.37. The molecule has 2 atom stereocenters. The molecule has 2 aromatic rings. The molecule has 116 valence electrons. The van der Waals surface area contributed by atoms with E-state index in [9.17, 15) is 9.59 Å². The molecule has 1 saturated heterocycles. The Morgan fingerprint density at radius 2 is 2.23 bits per heavy atom. The molecule has 6 nitrogen and oxygen atoms in total. The van der Waals surface area contributed by atoms with Crippen LogP contribution in [0.5, 0.6) is 0 Å². The van der Waals surface area contributed by atoms with Crippen molar-refractivity contribution >= 4 is 16.8 Å². The number of carbonyl (C=O) groups is 1. The zero-order valence-corrected chi connectivity index (χ0v) is 12.6. The Morgan fingerprint density at radius 1 is 1.45 bits per heavy atom.